The third kappa shape index (κ3) is 2.77. The first-order valence-corrected chi connectivity index (χ1v) is 8.29. The molecule has 3 aliphatic rings. The van der Waals surface area contributed by atoms with Gasteiger partial charge in [0, 0.05) is 30.2 Å². The lowest BCUT2D eigenvalue weighted by Gasteiger charge is -2.30. The Bertz CT molecular complexity index is 760. The molecule has 0 amide bonds. The van der Waals surface area contributed by atoms with E-state index >= 15 is 0 Å². The second-order valence-corrected chi connectivity index (χ2v) is 6.15. The minimum atomic E-state index is 0.280. The van der Waals surface area contributed by atoms with Crippen molar-refractivity contribution in [2.45, 2.75) is 19.8 Å². The molecule has 0 atom stereocenters. The van der Waals surface area contributed by atoms with Gasteiger partial charge in [0.25, 0.3) is 0 Å². The predicted octanol–water partition coefficient (Wildman–Crippen LogP) is 3.47. The van der Waals surface area contributed by atoms with Crippen molar-refractivity contribution in [2.24, 2.45) is 10.9 Å². The third-order valence-corrected chi connectivity index (χ3v) is 4.41. The largest absolute Gasteiger partial charge is 0.454 e. The highest BCUT2D eigenvalue weighted by atomic mass is 16.7. The van der Waals surface area contributed by atoms with Gasteiger partial charge in [-0.2, -0.15) is 0 Å². The normalized spacial score (nSPS) is 21.4. The van der Waals surface area contributed by atoms with E-state index in [0.29, 0.717) is 0 Å². The number of hydrogen-bond donors (Lipinski definition) is 1. The highest BCUT2D eigenvalue weighted by Gasteiger charge is 2.24. The molecule has 0 radical (unpaired) electrons. The topological polar surface area (TPSA) is 46.1 Å². The van der Waals surface area contributed by atoms with Crippen LogP contribution in [0.3, 0.4) is 0 Å². The van der Waals surface area contributed by atoms with Crippen LogP contribution in [-0.2, 0) is 0 Å². The van der Waals surface area contributed by atoms with Crippen LogP contribution in [0.25, 0.3) is 5.70 Å². The summed E-state index contributed by atoms with van der Waals surface area (Å²) in [7, 11) is 0. The molecule has 24 heavy (non-hydrogen) atoms. The molecule has 5 nitrogen and oxygen atoms in total. The third-order valence-electron chi connectivity index (χ3n) is 4.41. The Kier molecular flexibility index (Phi) is 3.76. The highest BCUT2D eigenvalue weighted by Crippen LogP contribution is 2.36. The number of fused-ring (bicyclic) bond motifs is 1. The molecule has 0 spiro atoms. The number of nitrogens with zero attached hydrogens (tertiary/aromatic N) is 2. The zero-order chi connectivity index (χ0) is 16.5. The summed E-state index contributed by atoms with van der Waals surface area (Å²) in [6.07, 6.45) is 8.52. The van der Waals surface area contributed by atoms with Crippen LogP contribution >= 0.6 is 0 Å². The van der Waals surface area contributed by atoms with Crippen LogP contribution in [0.15, 0.2) is 53.9 Å². The molecule has 1 fully saturated rings. The van der Waals surface area contributed by atoms with Crippen LogP contribution in [0.5, 0.6) is 11.5 Å². The van der Waals surface area contributed by atoms with Crippen LogP contribution < -0.4 is 14.8 Å². The molecule has 5 heteroatoms. The number of rotatable bonds is 4. The molecule has 2 aliphatic heterocycles. The Hall–Kier alpha value is -2.69. The highest BCUT2D eigenvalue weighted by molar-refractivity contribution is 6.00. The fourth-order valence-electron chi connectivity index (χ4n) is 2.86. The predicted molar refractivity (Wildman–Crippen MR) is 94.5 cm³/mol. The average Bonchev–Trinajstić information content (AvgIpc) is 3.31. The average molecular weight is 323 g/mol. The van der Waals surface area contributed by atoms with Crippen molar-refractivity contribution < 1.29 is 9.47 Å². The van der Waals surface area contributed by atoms with E-state index < -0.39 is 0 Å². The molecule has 1 saturated carbocycles. The number of amidine groups is 1. The Morgan fingerprint density at radius 2 is 2.21 bits per heavy atom. The van der Waals surface area contributed by atoms with E-state index in [-0.39, 0.29) is 6.79 Å². The van der Waals surface area contributed by atoms with Gasteiger partial charge in [0.1, 0.15) is 5.84 Å². The number of aliphatic imine (C=N–C) groups is 1. The van der Waals surface area contributed by atoms with Gasteiger partial charge in [-0.25, -0.2) is 0 Å². The van der Waals surface area contributed by atoms with E-state index in [1.54, 1.807) is 0 Å². The fraction of sp³-hybridized carbons (Fsp3) is 0.316. The molecule has 0 bridgehead atoms. The van der Waals surface area contributed by atoms with Crippen LogP contribution in [0.2, 0.25) is 0 Å². The standard InChI is InChI=1S/C19H21N3O2/c1-3-16(15-6-7-17-18(10-15)24-12-23-17)22-9-8-20-19(13(22)2)21-11-14-4-5-14/h3,6-10,14H,2,4-5,11-12H2,1H3,(H,20,21)/b16-3-. The van der Waals surface area contributed by atoms with Gasteiger partial charge in [0.2, 0.25) is 6.79 Å². The number of ether oxygens (including phenoxy) is 2. The molecule has 1 N–H and O–H groups in total. The quantitative estimate of drug-likeness (QED) is 0.921. The lowest BCUT2D eigenvalue weighted by Crippen LogP contribution is -2.33. The first-order valence-electron chi connectivity index (χ1n) is 8.29. The molecular weight excluding hydrogens is 302 g/mol. The van der Waals surface area contributed by atoms with Gasteiger partial charge < -0.3 is 19.7 Å². The number of benzene rings is 1. The van der Waals surface area contributed by atoms with Crippen LogP contribution in [-0.4, -0.2) is 24.1 Å². The van der Waals surface area contributed by atoms with Crippen molar-refractivity contribution >= 4 is 11.5 Å². The van der Waals surface area contributed by atoms with Crippen LogP contribution in [0.4, 0.5) is 0 Å². The number of allylic oxidation sites excluding steroid dienone is 1. The van der Waals surface area contributed by atoms with Gasteiger partial charge in [0.15, 0.2) is 11.5 Å². The van der Waals surface area contributed by atoms with E-state index in [4.69, 9.17) is 9.47 Å². The summed E-state index contributed by atoms with van der Waals surface area (Å²) in [6, 6.07) is 5.98. The molecule has 2 heterocycles. The summed E-state index contributed by atoms with van der Waals surface area (Å²) in [4.78, 5) is 6.74. The van der Waals surface area contributed by atoms with Crippen molar-refractivity contribution in [3.8, 4) is 11.5 Å². The molecule has 1 aromatic carbocycles. The number of nitrogens with one attached hydrogen (secondary N) is 1. The maximum atomic E-state index is 5.50. The van der Waals surface area contributed by atoms with Gasteiger partial charge in [-0.1, -0.05) is 12.7 Å². The molecule has 1 aliphatic carbocycles. The lowest BCUT2D eigenvalue weighted by atomic mass is 10.1. The molecule has 0 saturated heterocycles. The molecule has 0 unspecified atom stereocenters. The van der Waals surface area contributed by atoms with E-state index in [9.17, 15) is 0 Å². The molecule has 4 rings (SSSR count). The Labute approximate surface area is 142 Å². The Balaban J connectivity index is 1.60. The molecule has 124 valence electrons. The van der Waals surface area contributed by atoms with Gasteiger partial charge in [0.05, 0.1) is 5.70 Å². The smallest absolute Gasteiger partial charge is 0.231 e. The summed E-state index contributed by atoms with van der Waals surface area (Å²) >= 11 is 0. The monoisotopic (exact) mass is 323 g/mol. The van der Waals surface area contributed by atoms with Crippen molar-refractivity contribution in [3.63, 3.8) is 0 Å². The molecule has 1 aromatic rings. The summed E-state index contributed by atoms with van der Waals surface area (Å²) in [6.45, 7) is 7.40. The first kappa shape index (κ1) is 14.9. The molecule has 0 aromatic heterocycles. The fourth-order valence-corrected chi connectivity index (χ4v) is 2.86. The minimum Gasteiger partial charge on any atom is -0.454 e. The molecular formula is C19H21N3O2. The second-order valence-electron chi connectivity index (χ2n) is 6.15. The zero-order valence-corrected chi connectivity index (χ0v) is 13.8. The van der Waals surface area contributed by atoms with Crippen LogP contribution in [0, 0.1) is 5.92 Å². The van der Waals surface area contributed by atoms with Crippen molar-refractivity contribution in [1.29, 1.82) is 0 Å². The van der Waals surface area contributed by atoms with E-state index in [2.05, 4.69) is 27.9 Å². The minimum absolute atomic E-state index is 0.280. The summed E-state index contributed by atoms with van der Waals surface area (Å²) < 4.78 is 10.9. The van der Waals surface area contributed by atoms with E-state index in [0.717, 1.165) is 46.8 Å². The number of hydrogen-bond acceptors (Lipinski definition) is 4. The Morgan fingerprint density at radius 1 is 1.38 bits per heavy atom. The summed E-state index contributed by atoms with van der Waals surface area (Å²) in [5.41, 5.74) is 2.94. The van der Waals surface area contributed by atoms with Crippen molar-refractivity contribution in [3.05, 3.63) is 54.5 Å². The van der Waals surface area contributed by atoms with Crippen molar-refractivity contribution in [2.75, 3.05) is 13.3 Å². The Morgan fingerprint density at radius 3 is 3.00 bits per heavy atom. The van der Waals surface area contributed by atoms with E-state index in [1.807, 2.05) is 37.5 Å². The lowest BCUT2D eigenvalue weighted by molar-refractivity contribution is 0.174. The zero-order valence-electron chi connectivity index (χ0n) is 13.8. The maximum absolute atomic E-state index is 5.50. The van der Waals surface area contributed by atoms with E-state index in [1.165, 1.54) is 12.8 Å². The second kappa shape index (κ2) is 6.07. The summed E-state index contributed by atoms with van der Waals surface area (Å²) in [5.74, 6) is 3.15. The van der Waals surface area contributed by atoms with Gasteiger partial charge in [-0.05, 0) is 43.9 Å². The SMILES string of the molecule is C=C1C(=NCC2CC2)NC=CN1/C(=C\C)c1ccc2c(c1)OCO2. The first-order chi connectivity index (χ1) is 11.8. The van der Waals surface area contributed by atoms with Gasteiger partial charge in [-0.15, -0.1) is 0 Å². The van der Waals surface area contributed by atoms with Gasteiger partial charge >= 0.3 is 0 Å². The summed E-state index contributed by atoms with van der Waals surface area (Å²) in [5, 5.41) is 3.21. The maximum Gasteiger partial charge on any atom is 0.231 e. The van der Waals surface area contributed by atoms with Crippen LogP contribution in [0.1, 0.15) is 25.3 Å². The van der Waals surface area contributed by atoms with Gasteiger partial charge in [-0.3, -0.25) is 4.99 Å². The van der Waals surface area contributed by atoms with Crippen molar-refractivity contribution in [1.82, 2.24) is 10.2 Å².